The Balaban J connectivity index is 0.000000561. The van der Waals surface area contributed by atoms with Gasteiger partial charge < -0.3 is 5.73 Å². The van der Waals surface area contributed by atoms with Crippen LogP contribution in [0.25, 0.3) is 0 Å². The zero-order chi connectivity index (χ0) is 9.99. The molecule has 1 rings (SSSR count). The fourth-order valence-corrected chi connectivity index (χ4v) is 1.32. The normalized spacial score (nSPS) is 24.0. The predicted octanol–water partition coefficient (Wildman–Crippen LogP) is 2.80. The van der Waals surface area contributed by atoms with Crippen molar-refractivity contribution in [2.75, 3.05) is 0 Å². The molecule has 0 unspecified atom stereocenters. The molecule has 0 saturated heterocycles. The van der Waals surface area contributed by atoms with E-state index in [0.717, 1.165) is 0 Å². The maximum atomic E-state index is 12.3. The van der Waals surface area contributed by atoms with Gasteiger partial charge >= 0.3 is 0 Å². The molecule has 0 aromatic rings. The molecule has 1 aliphatic carbocycles. The summed E-state index contributed by atoms with van der Waals surface area (Å²) in [6.45, 7) is 7.77. The SMILES string of the molecule is CC.CC(C)C1(N)CC(F)(F)C1. The summed E-state index contributed by atoms with van der Waals surface area (Å²) in [4.78, 5) is 0. The molecule has 74 valence electrons. The molecular weight excluding hydrogens is 160 g/mol. The van der Waals surface area contributed by atoms with Crippen molar-refractivity contribution in [1.29, 1.82) is 0 Å². The number of hydrogen-bond acceptors (Lipinski definition) is 1. The maximum absolute atomic E-state index is 12.3. The molecule has 1 saturated carbocycles. The Labute approximate surface area is 73.3 Å². The molecule has 1 fully saturated rings. The van der Waals surface area contributed by atoms with Crippen LogP contribution in [0.3, 0.4) is 0 Å². The van der Waals surface area contributed by atoms with Crippen LogP contribution in [0.1, 0.15) is 40.5 Å². The highest BCUT2D eigenvalue weighted by Gasteiger charge is 2.55. The van der Waals surface area contributed by atoms with E-state index >= 15 is 0 Å². The van der Waals surface area contributed by atoms with Gasteiger partial charge in [0.1, 0.15) is 0 Å². The Kier molecular flexibility index (Phi) is 3.63. The third kappa shape index (κ3) is 2.41. The van der Waals surface area contributed by atoms with Gasteiger partial charge in [-0.25, -0.2) is 8.78 Å². The molecule has 0 aromatic carbocycles. The van der Waals surface area contributed by atoms with Gasteiger partial charge in [-0.2, -0.15) is 0 Å². The lowest BCUT2D eigenvalue weighted by Crippen LogP contribution is -2.61. The van der Waals surface area contributed by atoms with Crippen LogP contribution in [0.4, 0.5) is 8.78 Å². The first kappa shape index (κ1) is 11.8. The maximum Gasteiger partial charge on any atom is 0.251 e. The second-order valence-corrected chi connectivity index (χ2v) is 3.60. The average Bonchev–Trinajstić information content (AvgIpc) is 1.87. The van der Waals surface area contributed by atoms with Crippen molar-refractivity contribution in [3.63, 3.8) is 0 Å². The Morgan fingerprint density at radius 1 is 1.17 bits per heavy atom. The first-order chi connectivity index (χ1) is 5.36. The second-order valence-electron chi connectivity index (χ2n) is 3.60. The first-order valence-corrected chi connectivity index (χ1v) is 4.52. The van der Waals surface area contributed by atoms with Crippen LogP contribution in [-0.4, -0.2) is 11.5 Å². The number of hydrogen-bond donors (Lipinski definition) is 1. The van der Waals surface area contributed by atoms with E-state index in [9.17, 15) is 8.78 Å². The molecule has 1 aliphatic rings. The van der Waals surface area contributed by atoms with E-state index in [1.54, 1.807) is 0 Å². The van der Waals surface area contributed by atoms with Crippen LogP contribution in [-0.2, 0) is 0 Å². The molecule has 0 aromatic heterocycles. The van der Waals surface area contributed by atoms with Gasteiger partial charge in [-0.3, -0.25) is 0 Å². The van der Waals surface area contributed by atoms with Crippen LogP contribution < -0.4 is 5.73 Å². The van der Waals surface area contributed by atoms with Crippen molar-refractivity contribution in [3.05, 3.63) is 0 Å². The first-order valence-electron chi connectivity index (χ1n) is 4.52. The molecule has 0 aliphatic heterocycles. The molecule has 0 spiro atoms. The third-order valence-electron chi connectivity index (χ3n) is 2.33. The topological polar surface area (TPSA) is 26.0 Å². The number of rotatable bonds is 1. The van der Waals surface area contributed by atoms with Crippen LogP contribution in [0, 0.1) is 5.92 Å². The van der Waals surface area contributed by atoms with Gasteiger partial charge in [0.05, 0.1) is 0 Å². The summed E-state index contributed by atoms with van der Waals surface area (Å²) < 4.78 is 24.6. The summed E-state index contributed by atoms with van der Waals surface area (Å²) in [5.74, 6) is -2.33. The molecule has 0 radical (unpaired) electrons. The van der Waals surface area contributed by atoms with E-state index in [1.165, 1.54) is 0 Å². The van der Waals surface area contributed by atoms with Crippen LogP contribution >= 0.6 is 0 Å². The van der Waals surface area contributed by atoms with E-state index in [2.05, 4.69) is 0 Å². The van der Waals surface area contributed by atoms with Gasteiger partial charge in [-0.15, -0.1) is 0 Å². The molecular formula is C9H19F2N. The molecule has 0 atom stereocenters. The summed E-state index contributed by atoms with van der Waals surface area (Å²) in [6.07, 6.45) is -0.282. The van der Waals surface area contributed by atoms with Crippen molar-refractivity contribution in [3.8, 4) is 0 Å². The van der Waals surface area contributed by atoms with E-state index in [1.807, 2.05) is 27.7 Å². The molecule has 0 heterocycles. The van der Waals surface area contributed by atoms with Crippen LogP contribution in [0.5, 0.6) is 0 Å². The van der Waals surface area contributed by atoms with Crippen molar-refractivity contribution >= 4 is 0 Å². The molecule has 12 heavy (non-hydrogen) atoms. The van der Waals surface area contributed by atoms with Gasteiger partial charge in [0, 0.05) is 18.4 Å². The Morgan fingerprint density at radius 3 is 1.58 bits per heavy atom. The number of nitrogens with two attached hydrogens (primary N) is 1. The van der Waals surface area contributed by atoms with Gasteiger partial charge in [0.25, 0.3) is 5.92 Å². The van der Waals surface area contributed by atoms with Gasteiger partial charge in [-0.05, 0) is 5.92 Å². The zero-order valence-electron chi connectivity index (χ0n) is 8.32. The van der Waals surface area contributed by atoms with E-state index in [0.29, 0.717) is 0 Å². The highest BCUT2D eigenvalue weighted by Crippen LogP contribution is 2.47. The molecule has 0 bridgehead atoms. The lowest BCUT2D eigenvalue weighted by Gasteiger charge is -2.47. The van der Waals surface area contributed by atoms with Crippen LogP contribution in [0.15, 0.2) is 0 Å². The fraction of sp³-hybridized carbons (Fsp3) is 1.00. The van der Waals surface area contributed by atoms with Gasteiger partial charge in [0.15, 0.2) is 0 Å². The molecule has 3 heteroatoms. The molecule has 1 nitrogen and oxygen atoms in total. The number of alkyl halides is 2. The smallest absolute Gasteiger partial charge is 0.251 e. The summed E-state index contributed by atoms with van der Waals surface area (Å²) in [7, 11) is 0. The summed E-state index contributed by atoms with van der Waals surface area (Å²) >= 11 is 0. The minimum absolute atomic E-state index is 0.141. The average molecular weight is 179 g/mol. The monoisotopic (exact) mass is 179 g/mol. The predicted molar refractivity (Wildman–Crippen MR) is 47.3 cm³/mol. The lowest BCUT2D eigenvalue weighted by molar-refractivity contribution is -0.135. The number of halogens is 2. The van der Waals surface area contributed by atoms with Crippen molar-refractivity contribution < 1.29 is 8.78 Å². The van der Waals surface area contributed by atoms with Gasteiger partial charge in [0.2, 0.25) is 0 Å². The Hall–Kier alpha value is -0.180. The molecule has 0 amide bonds. The van der Waals surface area contributed by atoms with Crippen LogP contribution in [0.2, 0.25) is 0 Å². The Bertz CT molecular complexity index is 135. The lowest BCUT2D eigenvalue weighted by atomic mass is 9.67. The highest BCUT2D eigenvalue weighted by molar-refractivity contribution is 5.05. The van der Waals surface area contributed by atoms with Gasteiger partial charge in [-0.1, -0.05) is 27.7 Å². The summed E-state index contributed by atoms with van der Waals surface area (Å²) in [5, 5.41) is 0. The zero-order valence-corrected chi connectivity index (χ0v) is 8.32. The fourth-order valence-electron chi connectivity index (χ4n) is 1.32. The van der Waals surface area contributed by atoms with E-state index in [-0.39, 0.29) is 18.8 Å². The molecule has 2 N–H and O–H groups in total. The third-order valence-corrected chi connectivity index (χ3v) is 2.33. The quantitative estimate of drug-likeness (QED) is 0.658. The van der Waals surface area contributed by atoms with E-state index in [4.69, 9.17) is 5.73 Å². The largest absolute Gasteiger partial charge is 0.324 e. The summed E-state index contributed by atoms with van der Waals surface area (Å²) in [6, 6.07) is 0. The minimum atomic E-state index is -2.49. The van der Waals surface area contributed by atoms with Crippen molar-refractivity contribution in [2.24, 2.45) is 11.7 Å². The standard InChI is InChI=1S/C7H13F2N.C2H6/c1-5(2)6(10)3-7(8,9)4-6;1-2/h5H,3-4,10H2,1-2H3;1-2H3. The van der Waals surface area contributed by atoms with Crippen molar-refractivity contribution in [2.45, 2.75) is 52.0 Å². The summed E-state index contributed by atoms with van der Waals surface area (Å²) in [5.41, 5.74) is 5.05. The second kappa shape index (κ2) is 3.69. The minimum Gasteiger partial charge on any atom is -0.324 e. The Morgan fingerprint density at radius 2 is 1.50 bits per heavy atom. The van der Waals surface area contributed by atoms with Crippen molar-refractivity contribution in [1.82, 2.24) is 0 Å². The van der Waals surface area contributed by atoms with E-state index < -0.39 is 11.5 Å². The highest BCUT2D eigenvalue weighted by atomic mass is 19.3.